The molecule has 1 heterocycles. The van der Waals surface area contributed by atoms with Gasteiger partial charge in [-0.25, -0.2) is 4.99 Å². The van der Waals surface area contributed by atoms with Crippen LogP contribution in [0, 0.1) is 0 Å². The molecule has 1 saturated heterocycles. The van der Waals surface area contributed by atoms with Crippen molar-refractivity contribution < 1.29 is 9.84 Å². The Labute approximate surface area is 72.9 Å². The van der Waals surface area contributed by atoms with E-state index >= 15 is 0 Å². The molecule has 0 saturated carbocycles. The van der Waals surface area contributed by atoms with E-state index in [-0.39, 0.29) is 12.6 Å². The summed E-state index contributed by atoms with van der Waals surface area (Å²) in [5.74, 6) is 0. The van der Waals surface area contributed by atoms with Gasteiger partial charge in [-0.3, -0.25) is 0 Å². The van der Waals surface area contributed by atoms with Crippen molar-refractivity contribution in [3.05, 3.63) is 0 Å². The Morgan fingerprint density at radius 2 is 2.42 bits per heavy atom. The summed E-state index contributed by atoms with van der Waals surface area (Å²) in [5, 5.41) is 8.73. The molecule has 0 amide bonds. The highest BCUT2D eigenvalue weighted by Gasteiger charge is 2.19. The third-order valence-corrected chi connectivity index (χ3v) is 1.60. The van der Waals surface area contributed by atoms with Gasteiger partial charge in [0, 0.05) is 12.6 Å². The number of hydrogen-bond acceptors (Lipinski definition) is 3. The molecule has 70 valence electrons. The van der Waals surface area contributed by atoms with E-state index in [0.29, 0.717) is 19.2 Å². The van der Waals surface area contributed by atoms with Crippen LogP contribution in [-0.2, 0) is 4.74 Å². The summed E-state index contributed by atoms with van der Waals surface area (Å²) >= 11 is 0. The minimum atomic E-state index is 0.153. The first-order valence-electron chi connectivity index (χ1n) is 4.30. The van der Waals surface area contributed by atoms with E-state index < -0.39 is 0 Å². The molecule has 0 aliphatic carbocycles. The number of β-amino-alcohol motifs (C(OH)–C–C–N with tert-alkyl or cyclic N) is 1. The van der Waals surface area contributed by atoms with E-state index in [9.17, 15) is 0 Å². The van der Waals surface area contributed by atoms with Crippen molar-refractivity contribution in [2.24, 2.45) is 4.99 Å². The Kier molecular flexibility index (Phi) is 3.34. The molecule has 1 rings (SSSR count). The topological polar surface area (TPSA) is 45.1 Å². The zero-order chi connectivity index (χ0) is 8.97. The molecule has 0 aromatic rings. The second kappa shape index (κ2) is 4.30. The number of nitrogens with zero attached hydrogens (tertiary/aromatic N) is 2. The summed E-state index contributed by atoms with van der Waals surface area (Å²) in [4.78, 5) is 6.24. The molecular weight excluding hydrogens is 156 g/mol. The van der Waals surface area contributed by atoms with Crippen LogP contribution in [0.15, 0.2) is 4.99 Å². The fraction of sp³-hybridized carbons (Fsp3) is 0.875. The molecule has 0 bridgehead atoms. The van der Waals surface area contributed by atoms with Gasteiger partial charge in [-0.2, -0.15) is 0 Å². The second-order valence-electron chi connectivity index (χ2n) is 3.06. The van der Waals surface area contributed by atoms with Gasteiger partial charge in [0.05, 0.1) is 13.2 Å². The highest BCUT2D eigenvalue weighted by molar-refractivity contribution is 5.75. The molecule has 0 spiro atoms. The van der Waals surface area contributed by atoms with Crippen molar-refractivity contribution in [1.82, 2.24) is 4.90 Å². The summed E-state index contributed by atoms with van der Waals surface area (Å²) in [7, 11) is 0. The number of hydrogen-bond donors (Lipinski definition) is 1. The number of rotatable bonds is 3. The average molecular weight is 172 g/mol. The number of aliphatic imine (C=N–C) groups is 1. The van der Waals surface area contributed by atoms with Crippen molar-refractivity contribution in [2.45, 2.75) is 19.9 Å². The lowest BCUT2D eigenvalue weighted by Gasteiger charge is -2.14. The van der Waals surface area contributed by atoms with Crippen molar-refractivity contribution in [3.8, 4) is 0 Å². The maximum Gasteiger partial charge on any atom is 0.287 e. The SMILES string of the molecule is CC(C)/N=C1\OCCN1CCO. The molecule has 0 atom stereocenters. The van der Waals surface area contributed by atoms with Crippen LogP contribution in [0.1, 0.15) is 13.8 Å². The van der Waals surface area contributed by atoms with Gasteiger partial charge in [0.25, 0.3) is 6.02 Å². The normalized spacial score (nSPS) is 20.7. The molecule has 1 aliphatic rings. The van der Waals surface area contributed by atoms with Crippen molar-refractivity contribution in [3.63, 3.8) is 0 Å². The lowest BCUT2D eigenvalue weighted by atomic mass is 10.4. The minimum absolute atomic E-state index is 0.153. The fourth-order valence-electron chi connectivity index (χ4n) is 1.10. The van der Waals surface area contributed by atoms with E-state index in [4.69, 9.17) is 9.84 Å². The maximum absolute atomic E-state index is 8.73. The van der Waals surface area contributed by atoms with Crippen LogP contribution in [0.3, 0.4) is 0 Å². The van der Waals surface area contributed by atoms with Crippen LogP contribution in [-0.4, -0.2) is 48.4 Å². The van der Waals surface area contributed by atoms with E-state index in [1.165, 1.54) is 0 Å². The molecule has 0 radical (unpaired) electrons. The smallest absolute Gasteiger partial charge is 0.287 e. The first kappa shape index (κ1) is 9.32. The van der Waals surface area contributed by atoms with E-state index in [1.54, 1.807) is 0 Å². The van der Waals surface area contributed by atoms with Gasteiger partial charge < -0.3 is 14.7 Å². The zero-order valence-electron chi connectivity index (χ0n) is 7.66. The molecule has 1 N–H and O–H groups in total. The average Bonchev–Trinajstić information content (AvgIpc) is 2.37. The molecule has 0 unspecified atom stereocenters. The molecule has 1 fully saturated rings. The first-order valence-corrected chi connectivity index (χ1v) is 4.30. The van der Waals surface area contributed by atoms with Crippen LogP contribution < -0.4 is 0 Å². The van der Waals surface area contributed by atoms with Crippen LogP contribution >= 0.6 is 0 Å². The van der Waals surface area contributed by atoms with Gasteiger partial charge in [-0.1, -0.05) is 0 Å². The molecule has 1 aliphatic heterocycles. The van der Waals surface area contributed by atoms with Crippen LogP contribution in [0.4, 0.5) is 0 Å². The molecule has 0 aromatic heterocycles. The molecule has 0 aromatic carbocycles. The maximum atomic E-state index is 8.73. The van der Waals surface area contributed by atoms with Gasteiger partial charge in [0.15, 0.2) is 0 Å². The molecule has 4 nitrogen and oxygen atoms in total. The van der Waals surface area contributed by atoms with E-state index in [2.05, 4.69) is 4.99 Å². The predicted molar refractivity (Wildman–Crippen MR) is 47.2 cm³/mol. The van der Waals surface area contributed by atoms with Crippen LogP contribution in [0.25, 0.3) is 0 Å². The number of ether oxygens (including phenoxy) is 1. The number of amidine groups is 1. The standard InChI is InChI=1S/C8H16N2O2/c1-7(2)9-8-10(3-5-11)4-6-12-8/h7,11H,3-6H2,1-2H3/b9-8-. The highest BCUT2D eigenvalue weighted by atomic mass is 16.5. The van der Waals surface area contributed by atoms with E-state index in [1.807, 2.05) is 18.7 Å². The molecule has 4 heteroatoms. The summed E-state index contributed by atoms with van der Waals surface area (Å²) in [6.45, 7) is 6.31. The second-order valence-corrected chi connectivity index (χ2v) is 3.06. The fourth-order valence-corrected chi connectivity index (χ4v) is 1.10. The Hall–Kier alpha value is -0.770. The lowest BCUT2D eigenvalue weighted by molar-refractivity contribution is 0.255. The Bertz CT molecular complexity index is 168. The van der Waals surface area contributed by atoms with E-state index in [0.717, 1.165) is 6.54 Å². The van der Waals surface area contributed by atoms with Crippen LogP contribution in [0.5, 0.6) is 0 Å². The number of aliphatic hydroxyl groups is 1. The first-order chi connectivity index (χ1) is 5.74. The summed E-state index contributed by atoms with van der Waals surface area (Å²) in [5.41, 5.74) is 0. The van der Waals surface area contributed by atoms with Gasteiger partial charge in [0.1, 0.15) is 6.61 Å². The van der Waals surface area contributed by atoms with Crippen LogP contribution in [0.2, 0.25) is 0 Å². The summed E-state index contributed by atoms with van der Waals surface area (Å²) < 4.78 is 5.29. The van der Waals surface area contributed by atoms with Gasteiger partial charge in [0.2, 0.25) is 0 Å². The summed E-state index contributed by atoms with van der Waals surface area (Å²) in [6.07, 6.45) is 0. The van der Waals surface area contributed by atoms with Crippen molar-refractivity contribution >= 4 is 6.02 Å². The lowest BCUT2D eigenvalue weighted by Crippen LogP contribution is -2.29. The Balaban J connectivity index is 2.51. The zero-order valence-corrected chi connectivity index (χ0v) is 7.66. The van der Waals surface area contributed by atoms with Crippen molar-refractivity contribution in [1.29, 1.82) is 0 Å². The summed E-state index contributed by atoms with van der Waals surface area (Å²) in [6, 6.07) is 0.929. The number of aliphatic hydroxyl groups excluding tert-OH is 1. The van der Waals surface area contributed by atoms with Gasteiger partial charge in [-0.05, 0) is 13.8 Å². The Morgan fingerprint density at radius 3 is 3.00 bits per heavy atom. The van der Waals surface area contributed by atoms with Gasteiger partial charge >= 0.3 is 0 Å². The van der Waals surface area contributed by atoms with Crippen molar-refractivity contribution in [2.75, 3.05) is 26.3 Å². The molecule has 12 heavy (non-hydrogen) atoms. The highest BCUT2D eigenvalue weighted by Crippen LogP contribution is 2.04. The largest absolute Gasteiger partial charge is 0.463 e. The third-order valence-electron chi connectivity index (χ3n) is 1.60. The predicted octanol–water partition coefficient (Wildman–Crippen LogP) is 0.0753. The molecular formula is C8H16N2O2. The monoisotopic (exact) mass is 172 g/mol. The van der Waals surface area contributed by atoms with Gasteiger partial charge in [-0.15, -0.1) is 0 Å². The quantitative estimate of drug-likeness (QED) is 0.655. The Morgan fingerprint density at radius 1 is 1.67 bits per heavy atom. The third kappa shape index (κ3) is 2.37. The minimum Gasteiger partial charge on any atom is -0.463 e.